The van der Waals surface area contributed by atoms with Crippen molar-refractivity contribution in [3.63, 3.8) is 0 Å². The van der Waals surface area contributed by atoms with E-state index in [0.717, 1.165) is 11.3 Å². The van der Waals surface area contributed by atoms with Crippen LogP contribution in [-0.4, -0.2) is 15.8 Å². The summed E-state index contributed by atoms with van der Waals surface area (Å²) in [6.07, 6.45) is 0.690. The maximum atomic E-state index is 13.3. The number of nitrogens with zero attached hydrogens (tertiary/aromatic N) is 2. The van der Waals surface area contributed by atoms with Crippen molar-refractivity contribution in [3.05, 3.63) is 40.8 Å². The van der Waals surface area contributed by atoms with Crippen LogP contribution < -0.4 is 10.5 Å². The lowest BCUT2D eigenvalue weighted by atomic mass is 10.1. The maximum Gasteiger partial charge on any atom is 0.221 e. The van der Waals surface area contributed by atoms with Gasteiger partial charge in [0.25, 0.3) is 0 Å². The van der Waals surface area contributed by atoms with Crippen molar-refractivity contribution >= 4 is 0 Å². The molecule has 20 heavy (non-hydrogen) atoms. The molecule has 2 N–H and O–H groups in total. The van der Waals surface area contributed by atoms with Crippen LogP contribution in [-0.2, 0) is 13.5 Å². The molecule has 1 aromatic carbocycles. The average molecular weight is 277 g/mol. The van der Waals surface area contributed by atoms with Gasteiger partial charge in [0.05, 0.1) is 5.69 Å². The molecule has 0 saturated carbocycles. The Morgan fingerprint density at radius 1 is 1.40 bits per heavy atom. The van der Waals surface area contributed by atoms with Gasteiger partial charge in [-0.15, -0.1) is 0 Å². The van der Waals surface area contributed by atoms with E-state index >= 15 is 0 Å². The number of rotatable bonds is 4. The maximum absolute atomic E-state index is 13.3. The Kier molecular flexibility index (Phi) is 4.09. The van der Waals surface area contributed by atoms with Crippen LogP contribution in [0.4, 0.5) is 4.39 Å². The SMILES string of the molecule is Cc1cc(Oc2c(CC(C)N)c(C)nn2C)ccc1F. The van der Waals surface area contributed by atoms with Crippen LogP contribution in [0.25, 0.3) is 0 Å². The van der Waals surface area contributed by atoms with Gasteiger partial charge >= 0.3 is 0 Å². The Labute approximate surface area is 118 Å². The van der Waals surface area contributed by atoms with Crippen molar-refractivity contribution < 1.29 is 9.13 Å². The van der Waals surface area contributed by atoms with Crippen LogP contribution in [0.1, 0.15) is 23.7 Å². The van der Waals surface area contributed by atoms with E-state index in [-0.39, 0.29) is 11.9 Å². The summed E-state index contributed by atoms with van der Waals surface area (Å²) in [5.41, 5.74) is 8.31. The highest BCUT2D eigenvalue weighted by Gasteiger charge is 2.17. The molecule has 5 heteroatoms. The fourth-order valence-corrected chi connectivity index (χ4v) is 2.16. The molecule has 2 rings (SSSR count). The number of halogens is 1. The smallest absolute Gasteiger partial charge is 0.221 e. The summed E-state index contributed by atoms with van der Waals surface area (Å²) in [7, 11) is 1.82. The van der Waals surface area contributed by atoms with Crippen molar-refractivity contribution in [3.8, 4) is 11.6 Å². The van der Waals surface area contributed by atoms with Crippen LogP contribution in [0.15, 0.2) is 18.2 Å². The highest BCUT2D eigenvalue weighted by molar-refractivity contribution is 5.37. The third-order valence-corrected chi connectivity index (χ3v) is 3.16. The second-order valence-electron chi connectivity index (χ2n) is 5.19. The van der Waals surface area contributed by atoms with Gasteiger partial charge < -0.3 is 10.5 Å². The van der Waals surface area contributed by atoms with Crippen LogP contribution >= 0.6 is 0 Å². The number of nitrogens with two attached hydrogens (primary N) is 1. The number of aryl methyl sites for hydroxylation is 3. The molecule has 0 aliphatic carbocycles. The van der Waals surface area contributed by atoms with Gasteiger partial charge in [-0.05, 0) is 51.0 Å². The van der Waals surface area contributed by atoms with Crippen molar-refractivity contribution in [1.29, 1.82) is 0 Å². The number of ether oxygens (including phenoxy) is 1. The molecular weight excluding hydrogens is 257 g/mol. The molecule has 0 saturated heterocycles. The summed E-state index contributed by atoms with van der Waals surface area (Å²) in [6, 6.07) is 4.71. The molecular formula is C15H20FN3O. The lowest BCUT2D eigenvalue weighted by Gasteiger charge is -2.11. The van der Waals surface area contributed by atoms with Crippen molar-refractivity contribution in [1.82, 2.24) is 9.78 Å². The minimum absolute atomic E-state index is 0.0233. The number of aromatic nitrogens is 2. The number of hydrogen-bond acceptors (Lipinski definition) is 3. The second-order valence-corrected chi connectivity index (χ2v) is 5.19. The quantitative estimate of drug-likeness (QED) is 0.935. The van der Waals surface area contributed by atoms with Crippen LogP contribution in [0, 0.1) is 19.7 Å². The molecule has 1 unspecified atom stereocenters. The zero-order chi connectivity index (χ0) is 14.9. The van der Waals surface area contributed by atoms with E-state index in [1.54, 1.807) is 23.7 Å². The van der Waals surface area contributed by atoms with Gasteiger partial charge in [-0.1, -0.05) is 0 Å². The topological polar surface area (TPSA) is 53.1 Å². The summed E-state index contributed by atoms with van der Waals surface area (Å²) >= 11 is 0. The molecule has 1 aromatic heterocycles. The third kappa shape index (κ3) is 2.99. The fraction of sp³-hybridized carbons (Fsp3) is 0.400. The van der Waals surface area contributed by atoms with Gasteiger partial charge in [0.2, 0.25) is 5.88 Å². The van der Waals surface area contributed by atoms with Gasteiger partial charge in [0, 0.05) is 18.7 Å². The first-order valence-corrected chi connectivity index (χ1v) is 6.60. The lowest BCUT2D eigenvalue weighted by molar-refractivity contribution is 0.423. The Hall–Kier alpha value is -1.88. The number of hydrogen-bond donors (Lipinski definition) is 1. The van der Waals surface area contributed by atoms with Crippen molar-refractivity contribution in [2.75, 3.05) is 0 Å². The zero-order valence-corrected chi connectivity index (χ0v) is 12.3. The van der Waals surface area contributed by atoms with E-state index in [2.05, 4.69) is 5.10 Å². The highest BCUT2D eigenvalue weighted by atomic mass is 19.1. The minimum atomic E-state index is -0.241. The van der Waals surface area contributed by atoms with Crippen LogP contribution in [0.5, 0.6) is 11.6 Å². The molecule has 0 spiro atoms. The standard InChI is InChI=1S/C15H20FN3O/c1-9-7-12(5-6-14(9)16)20-15-13(8-10(2)17)11(3)18-19(15)4/h5-7,10H,8,17H2,1-4H3. The third-order valence-electron chi connectivity index (χ3n) is 3.16. The molecule has 0 bridgehead atoms. The van der Waals surface area contributed by atoms with Gasteiger partial charge in [-0.2, -0.15) is 5.10 Å². The average Bonchev–Trinajstić information content (AvgIpc) is 2.60. The first-order chi connectivity index (χ1) is 9.38. The molecule has 0 fully saturated rings. The van der Waals surface area contributed by atoms with E-state index in [9.17, 15) is 4.39 Å². The summed E-state index contributed by atoms with van der Waals surface area (Å²) < 4.78 is 20.8. The predicted molar refractivity (Wildman–Crippen MR) is 76.5 cm³/mol. The summed E-state index contributed by atoms with van der Waals surface area (Å²) in [6.45, 7) is 5.58. The Morgan fingerprint density at radius 3 is 2.70 bits per heavy atom. The van der Waals surface area contributed by atoms with E-state index < -0.39 is 0 Å². The first kappa shape index (κ1) is 14.5. The summed E-state index contributed by atoms with van der Waals surface area (Å²) in [5.74, 6) is 1.01. The van der Waals surface area contributed by atoms with E-state index in [4.69, 9.17) is 10.5 Å². The second kappa shape index (κ2) is 5.63. The molecule has 0 aliphatic rings. The van der Waals surface area contributed by atoms with Crippen LogP contribution in [0.2, 0.25) is 0 Å². The van der Waals surface area contributed by atoms with E-state index in [1.807, 2.05) is 20.9 Å². The molecule has 108 valence electrons. The summed E-state index contributed by atoms with van der Waals surface area (Å²) in [5, 5.41) is 4.36. The largest absolute Gasteiger partial charge is 0.439 e. The van der Waals surface area contributed by atoms with Crippen molar-refractivity contribution in [2.45, 2.75) is 33.2 Å². The Bertz CT molecular complexity index is 620. The zero-order valence-electron chi connectivity index (χ0n) is 12.3. The molecule has 0 amide bonds. The molecule has 4 nitrogen and oxygen atoms in total. The van der Waals surface area contributed by atoms with Gasteiger partial charge in [-0.25, -0.2) is 9.07 Å². The van der Waals surface area contributed by atoms with E-state index in [1.165, 1.54) is 6.07 Å². The molecule has 1 atom stereocenters. The molecule has 1 heterocycles. The van der Waals surface area contributed by atoms with E-state index in [0.29, 0.717) is 23.6 Å². The molecule has 0 radical (unpaired) electrons. The summed E-state index contributed by atoms with van der Waals surface area (Å²) in [4.78, 5) is 0. The number of benzene rings is 1. The van der Waals surface area contributed by atoms with Crippen molar-refractivity contribution in [2.24, 2.45) is 12.8 Å². The molecule has 0 aliphatic heterocycles. The van der Waals surface area contributed by atoms with Gasteiger partial charge in [0.1, 0.15) is 11.6 Å². The highest BCUT2D eigenvalue weighted by Crippen LogP contribution is 2.29. The minimum Gasteiger partial charge on any atom is -0.439 e. The monoisotopic (exact) mass is 277 g/mol. The Balaban J connectivity index is 2.34. The van der Waals surface area contributed by atoms with Gasteiger partial charge in [0.15, 0.2) is 0 Å². The first-order valence-electron chi connectivity index (χ1n) is 6.60. The van der Waals surface area contributed by atoms with Crippen LogP contribution in [0.3, 0.4) is 0 Å². The Morgan fingerprint density at radius 2 is 2.10 bits per heavy atom. The van der Waals surface area contributed by atoms with Gasteiger partial charge in [-0.3, -0.25) is 0 Å². The lowest BCUT2D eigenvalue weighted by Crippen LogP contribution is -2.18. The fourth-order valence-electron chi connectivity index (χ4n) is 2.16. The molecule has 2 aromatic rings. The predicted octanol–water partition coefficient (Wildman–Crippen LogP) is 2.86. The normalized spacial score (nSPS) is 12.5.